The first-order valence-electron chi connectivity index (χ1n) is 12.7. The van der Waals surface area contributed by atoms with Crippen molar-refractivity contribution >= 4 is 35.2 Å². The van der Waals surface area contributed by atoms with Gasteiger partial charge in [0.15, 0.2) is 0 Å². The number of fused-ring (bicyclic) bond motifs is 1. The molecule has 3 saturated heterocycles. The van der Waals surface area contributed by atoms with Crippen molar-refractivity contribution in [2.45, 2.75) is 54.7 Å². The summed E-state index contributed by atoms with van der Waals surface area (Å²) in [5, 5.41) is 15.4. The van der Waals surface area contributed by atoms with Gasteiger partial charge in [-0.25, -0.2) is 0 Å². The maximum absolute atomic E-state index is 14.0. The van der Waals surface area contributed by atoms with Crippen molar-refractivity contribution in [3.63, 3.8) is 0 Å². The minimum absolute atomic E-state index is 0.0381. The molecule has 3 N–H and O–H groups in total. The van der Waals surface area contributed by atoms with Crippen molar-refractivity contribution in [3.8, 4) is 0 Å². The van der Waals surface area contributed by atoms with Gasteiger partial charge in [0.1, 0.15) is 6.04 Å². The molecule has 190 valence electrons. The summed E-state index contributed by atoms with van der Waals surface area (Å²) in [6.45, 7) is 2.89. The smallest absolute Gasteiger partial charge is 0.244 e. The highest BCUT2D eigenvalue weighted by atomic mass is 32.2. The molecule has 0 aromatic heterocycles. The highest BCUT2D eigenvalue weighted by Crippen LogP contribution is 2.71. The molecule has 36 heavy (non-hydrogen) atoms. The number of nitrogens with zero attached hydrogens (tertiary/aromatic N) is 1. The summed E-state index contributed by atoms with van der Waals surface area (Å²) < 4.78 is -1.04. The number of carbonyl (C=O) groups is 3. The third-order valence-corrected chi connectivity index (χ3v) is 9.95. The van der Waals surface area contributed by atoms with Crippen LogP contribution >= 0.6 is 11.8 Å². The summed E-state index contributed by atoms with van der Waals surface area (Å²) in [5.41, 5.74) is 1.70. The minimum Gasteiger partial charge on any atom is -0.396 e. The fourth-order valence-electron chi connectivity index (χ4n) is 6.38. The number of aliphatic hydroxyl groups excluding tert-OH is 1. The molecule has 0 saturated carbocycles. The quantitative estimate of drug-likeness (QED) is 0.453. The Morgan fingerprint density at radius 1 is 1.03 bits per heavy atom. The number of carbonyl (C=O) groups excluding carboxylic acids is 3. The van der Waals surface area contributed by atoms with Crippen LogP contribution in [0, 0.1) is 11.8 Å². The second kappa shape index (κ2) is 9.90. The minimum atomic E-state index is -0.640. The molecule has 7 nitrogen and oxygen atoms in total. The average molecular weight is 508 g/mol. The van der Waals surface area contributed by atoms with Crippen LogP contribution in [0.3, 0.4) is 0 Å². The third-order valence-electron chi connectivity index (χ3n) is 7.97. The molecule has 5 rings (SSSR count). The summed E-state index contributed by atoms with van der Waals surface area (Å²) in [6, 6.07) is 18.4. The number of unbranched alkanes of at least 4 members (excludes halogenated alkanes) is 1. The van der Waals surface area contributed by atoms with Gasteiger partial charge < -0.3 is 20.6 Å². The highest BCUT2D eigenvalue weighted by molar-refractivity contribution is 8.02. The van der Waals surface area contributed by atoms with E-state index in [1.54, 1.807) is 16.7 Å². The van der Waals surface area contributed by atoms with Crippen LogP contribution in [0.15, 0.2) is 60.7 Å². The molecule has 2 aromatic carbocycles. The SMILES string of the molecule is C[C@@]12CCC3(S1)C(C(=O)NCc1ccccc1)N(CCCCO)C(=O)[C@@H]3[C@@H]2C(=O)Nc1ccccc1. The largest absolute Gasteiger partial charge is 0.396 e. The van der Waals surface area contributed by atoms with Gasteiger partial charge in [0, 0.05) is 30.1 Å². The van der Waals surface area contributed by atoms with Crippen molar-refractivity contribution < 1.29 is 19.5 Å². The molecule has 3 fully saturated rings. The number of hydrogen-bond acceptors (Lipinski definition) is 5. The Hall–Kier alpha value is -2.84. The van der Waals surface area contributed by atoms with Gasteiger partial charge in [-0.3, -0.25) is 14.4 Å². The van der Waals surface area contributed by atoms with E-state index in [0.717, 1.165) is 18.4 Å². The lowest BCUT2D eigenvalue weighted by atomic mass is 9.66. The Bertz CT molecular complexity index is 1130. The van der Waals surface area contributed by atoms with Gasteiger partial charge in [-0.15, -0.1) is 11.8 Å². The number of benzene rings is 2. The van der Waals surface area contributed by atoms with Crippen molar-refractivity contribution in [3.05, 3.63) is 66.2 Å². The fraction of sp³-hybridized carbons (Fsp3) is 0.464. The molecule has 5 atom stereocenters. The van der Waals surface area contributed by atoms with Crippen molar-refractivity contribution in [1.82, 2.24) is 10.2 Å². The number of likely N-dealkylation sites (tertiary alicyclic amines) is 1. The number of hydrogen-bond donors (Lipinski definition) is 3. The number of rotatable bonds is 9. The molecule has 3 aliphatic rings. The van der Waals surface area contributed by atoms with Crippen LogP contribution in [0.5, 0.6) is 0 Å². The predicted octanol–water partition coefficient (Wildman–Crippen LogP) is 3.20. The Balaban J connectivity index is 1.44. The van der Waals surface area contributed by atoms with Crippen LogP contribution < -0.4 is 10.6 Å². The number of amides is 3. The van der Waals surface area contributed by atoms with E-state index in [1.807, 2.05) is 60.7 Å². The second-order valence-electron chi connectivity index (χ2n) is 10.2. The molecule has 2 aromatic rings. The topological polar surface area (TPSA) is 98.7 Å². The average Bonchev–Trinajstić information content (AvgIpc) is 3.45. The molecular formula is C28H33N3O4S. The zero-order valence-corrected chi connectivity index (χ0v) is 21.3. The van der Waals surface area contributed by atoms with E-state index in [-0.39, 0.29) is 24.3 Å². The number of anilines is 1. The predicted molar refractivity (Wildman–Crippen MR) is 140 cm³/mol. The molecule has 0 aliphatic carbocycles. The Kier molecular flexibility index (Phi) is 6.83. The lowest BCUT2D eigenvalue weighted by Gasteiger charge is -2.34. The van der Waals surface area contributed by atoms with Gasteiger partial charge in [-0.1, -0.05) is 48.5 Å². The van der Waals surface area contributed by atoms with Crippen LogP contribution in [0.25, 0.3) is 0 Å². The first-order valence-corrected chi connectivity index (χ1v) is 13.5. The second-order valence-corrected chi connectivity index (χ2v) is 12.1. The summed E-state index contributed by atoms with van der Waals surface area (Å²) in [6.07, 6.45) is 2.67. The van der Waals surface area contributed by atoms with Crippen molar-refractivity contribution in [1.29, 1.82) is 0 Å². The summed E-state index contributed by atoms with van der Waals surface area (Å²) in [7, 11) is 0. The normalized spacial score (nSPS) is 30.3. The maximum Gasteiger partial charge on any atom is 0.244 e. The zero-order chi connectivity index (χ0) is 25.3. The maximum atomic E-state index is 14.0. The fourth-order valence-corrected chi connectivity index (χ4v) is 8.74. The van der Waals surface area contributed by atoms with Gasteiger partial charge in [0.25, 0.3) is 0 Å². The van der Waals surface area contributed by atoms with E-state index in [2.05, 4.69) is 17.6 Å². The molecule has 2 unspecified atom stereocenters. The van der Waals surface area contributed by atoms with Gasteiger partial charge in [0.05, 0.1) is 16.6 Å². The summed E-state index contributed by atoms with van der Waals surface area (Å²) in [5.74, 6) is -1.50. The molecule has 0 radical (unpaired) electrons. The first-order chi connectivity index (χ1) is 17.4. The molecular weight excluding hydrogens is 474 g/mol. The van der Waals surface area contributed by atoms with Gasteiger partial charge >= 0.3 is 0 Å². The van der Waals surface area contributed by atoms with Crippen LogP contribution in [0.4, 0.5) is 5.69 Å². The summed E-state index contributed by atoms with van der Waals surface area (Å²) in [4.78, 5) is 43.0. The van der Waals surface area contributed by atoms with Crippen LogP contribution in [-0.2, 0) is 20.9 Å². The third kappa shape index (κ3) is 4.20. The van der Waals surface area contributed by atoms with E-state index in [9.17, 15) is 19.5 Å². The Labute approximate surface area is 216 Å². The number of aliphatic hydroxyl groups is 1. The van der Waals surface area contributed by atoms with Crippen molar-refractivity contribution in [2.75, 3.05) is 18.5 Å². The lowest BCUT2D eigenvalue weighted by Crippen LogP contribution is -2.53. The number of para-hydroxylation sites is 1. The van der Waals surface area contributed by atoms with Crippen LogP contribution in [-0.4, -0.2) is 56.4 Å². The molecule has 3 aliphatic heterocycles. The lowest BCUT2D eigenvalue weighted by molar-refractivity contribution is -0.139. The molecule has 3 amide bonds. The van der Waals surface area contributed by atoms with E-state index >= 15 is 0 Å². The van der Waals surface area contributed by atoms with Crippen LogP contribution in [0.2, 0.25) is 0 Å². The first kappa shape index (κ1) is 24.8. The van der Waals surface area contributed by atoms with E-state index in [4.69, 9.17) is 0 Å². The molecule has 2 bridgehead atoms. The van der Waals surface area contributed by atoms with E-state index in [0.29, 0.717) is 31.6 Å². The monoisotopic (exact) mass is 507 g/mol. The van der Waals surface area contributed by atoms with Gasteiger partial charge in [-0.05, 0) is 50.3 Å². The molecule has 1 spiro atoms. The van der Waals surface area contributed by atoms with E-state index in [1.165, 1.54) is 0 Å². The van der Waals surface area contributed by atoms with Crippen LogP contribution in [0.1, 0.15) is 38.2 Å². The summed E-state index contributed by atoms with van der Waals surface area (Å²) >= 11 is 1.67. The number of thioether (sulfide) groups is 1. The highest BCUT2D eigenvalue weighted by Gasteiger charge is 2.76. The Morgan fingerprint density at radius 2 is 1.72 bits per heavy atom. The Morgan fingerprint density at radius 3 is 2.42 bits per heavy atom. The zero-order valence-electron chi connectivity index (χ0n) is 20.5. The molecule has 3 heterocycles. The molecule has 8 heteroatoms. The standard InChI is InChI=1S/C28H33N3O4S/c1-27-14-15-28(36-27)22(21(27)24(33)30-20-12-6-3-7-13-20)26(35)31(16-8-9-17-32)23(28)25(34)29-18-19-10-4-2-5-11-19/h2-7,10-13,21-23,32H,8-9,14-18H2,1H3,(H,29,34)(H,30,33)/t21-,22+,23?,27+,28?/m1/s1. The number of nitrogens with one attached hydrogen (secondary N) is 2. The van der Waals surface area contributed by atoms with Gasteiger partial charge in [0.2, 0.25) is 17.7 Å². The van der Waals surface area contributed by atoms with Gasteiger partial charge in [-0.2, -0.15) is 0 Å². The van der Waals surface area contributed by atoms with Crippen molar-refractivity contribution in [2.24, 2.45) is 11.8 Å². The van der Waals surface area contributed by atoms with E-state index < -0.39 is 27.4 Å².